The average molecular weight is 341 g/mol. The van der Waals surface area contributed by atoms with Crippen molar-refractivity contribution in [3.8, 4) is 0 Å². The lowest BCUT2D eigenvalue weighted by atomic mass is 10.1. The zero-order valence-corrected chi connectivity index (χ0v) is 14.5. The molecular formula is C19H23N3O3. The molecule has 1 aromatic carbocycles. The second-order valence-corrected chi connectivity index (χ2v) is 6.52. The van der Waals surface area contributed by atoms with Crippen LogP contribution in [-0.4, -0.2) is 34.5 Å². The number of anilines is 1. The van der Waals surface area contributed by atoms with Crippen LogP contribution in [0, 0.1) is 5.92 Å². The number of benzene rings is 1. The topological polar surface area (TPSA) is 75.4 Å². The van der Waals surface area contributed by atoms with Gasteiger partial charge in [-0.15, -0.1) is 0 Å². The molecule has 1 N–H and O–H groups in total. The van der Waals surface area contributed by atoms with Gasteiger partial charge in [-0.1, -0.05) is 42.4 Å². The number of nitrogens with one attached hydrogen (secondary N) is 1. The molecule has 1 fully saturated rings. The minimum Gasteiger partial charge on any atom is -0.363 e. The smallest absolute Gasteiger partial charge is 0.245 e. The monoisotopic (exact) mass is 341 g/mol. The summed E-state index contributed by atoms with van der Waals surface area (Å²) in [7, 11) is 0. The Bertz CT molecular complexity index is 715. The normalized spacial score (nSPS) is 19.9. The second kappa shape index (κ2) is 7.51. The number of carbonyl (C=O) groups is 2. The van der Waals surface area contributed by atoms with E-state index >= 15 is 0 Å². The van der Waals surface area contributed by atoms with Crippen LogP contribution >= 0.6 is 0 Å². The molecule has 132 valence electrons. The van der Waals surface area contributed by atoms with Gasteiger partial charge in [-0.3, -0.25) is 9.59 Å². The summed E-state index contributed by atoms with van der Waals surface area (Å²) in [5.74, 6) is 0.378. The maximum atomic E-state index is 12.9. The molecule has 1 aromatic heterocycles. The Labute approximate surface area is 147 Å². The standard InChI is InChI=1S/C19H23N3O3/c1-3-13(2)22(12-18(23)20-17-9-10-25-21-17)19(24)16-11-15(16)14-7-5-4-6-8-14/h4-10,13,15-16H,3,11-12H2,1-2H3,(H,20,21,23)/t13-,15+,16+/m1/s1. The second-order valence-electron chi connectivity index (χ2n) is 6.52. The number of hydrogen-bond donors (Lipinski definition) is 1. The third-order valence-electron chi connectivity index (χ3n) is 4.76. The van der Waals surface area contributed by atoms with E-state index in [1.165, 1.54) is 11.8 Å². The molecule has 0 saturated heterocycles. The molecule has 1 aliphatic carbocycles. The van der Waals surface area contributed by atoms with Crippen molar-refractivity contribution in [3.63, 3.8) is 0 Å². The van der Waals surface area contributed by atoms with Crippen molar-refractivity contribution in [3.05, 3.63) is 48.2 Å². The van der Waals surface area contributed by atoms with Gasteiger partial charge >= 0.3 is 0 Å². The molecule has 6 nitrogen and oxygen atoms in total. The summed E-state index contributed by atoms with van der Waals surface area (Å²) in [4.78, 5) is 26.9. The average Bonchev–Trinajstić information content (AvgIpc) is 3.28. The maximum Gasteiger partial charge on any atom is 0.245 e. The highest BCUT2D eigenvalue weighted by Gasteiger charge is 2.46. The van der Waals surface area contributed by atoms with Crippen molar-refractivity contribution in [2.45, 2.75) is 38.6 Å². The van der Waals surface area contributed by atoms with Gasteiger partial charge in [0.1, 0.15) is 12.8 Å². The van der Waals surface area contributed by atoms with Crippen LogP contribution in [0.3, 0.4) is 0 Å². The van der Waals surface area contributed by atoms with Crippen molar-refractivity contribution in [1.82, 2.24) is 10.1 Å². The van der Waals surface area contributed by atoms with Gasteiger partial charge in [-0.05, 0) is 31.2 Å². The molecule has 0 spiro atoms. The predicted molar refractivity (Wildman–Crippen MR) is 93.9 cm³/mol. The van der Waals surface area contributed by atoms with E-state index < -0.39 is 0 Å². The molecule has 3 rings (SSSR count). The van der Waals surface area contributed by atoms with Gasteiger partial charge < -0.3 is 14.7 Å². The zero-order chi connectivity index (χ0) is 17.8. The molecule has 2 aromatic rings. The van der Waals surface area contributed by atoms with Gasteiger partial charge in [0.25, 0.3) is 0 Å². The van der Waals surface area contributed by atoms with Gasteiger partial charge in [0, 0.05) is 18.0 Å². The summed E-state index contributed by atoms with van der Waals surface area (Å²) in [5.41, 5.74) is 1.19. The lowest BCUT2D eigenvalue weighted by Crippen LogP contribution is -2.44. The maximum absolute atomic E-state index is 12.9. The molecular weight excluding hydrogens is 318 g/mol. The van der Waals surface area contributed by atoms with E-state index in [1.807, 2.05) is 32.0 Å². The first-order chi connectivity index (χ1) is 12.1. The van der Waals surface area contributed by atoms with E-state index in [0.29, 0.717) is 5.82 Å². The SMILES string of the molecule is CC[C@@H](C)N(CC(=O)Nc1ccon1)C(=O)[C@H]1C[C@H]1c1ccccc1. The highest BCUT2D eigenvalue weighted by molar-refractivity contribution is 5.94. The number of amides is 2. The van der Waals surface area contributed by atoms with Gasteiger partial charge in [0.15, 0.2) is 5.82 Å². The Morgan fingerprint density at radius 2 is 2.08 bits per heavy atom. The Hall–Kier alpha value is -2.63. The van der Waals surface area contributed by atoms with Crippen LogP contribution in [0.25, 0.3) is 0 Å². The van der Waals surface area contributed by atoms with Gasteiger partial charge in [0.05, 0.1) is 0 Å². The van der Waals surface area contributed by atoms with Gasteiger partial charge in [0.2, 0.25) is 11.8 Å². The van der Waals surface area contributed by atoms with E-state index in [4.69, 9.17) is 4.52 Å². The Morgan fingerprint density at radius 1 is 1.32 bits per heavy atom. The van der Waals surface area contributed by atoms with Crippen LogP contribution in [0.4, 0.5) is 5.82 Å². The molecule has 25 heavy (non-hydrogen) atoms. The summed E-state index contributed by atoms with van der Waals surface area (Å²) in [6.45, 7) is 4.02. The summed E-state index contributed by atoms with van der Waals surface area (Å²) in [5, 5.41) is 6.31. The van der Waals surface area contributed by atoms with E-state index in [9.17, 15) is 9.59 Å². The molecule has 1 aliphatic rings. The predicted octanol–water partition coefficient (Wildman–Crippen LogP) is 3.04. The van der Waals surface area contributed by atoms with Crippen LogP contribution in [0.15, 0.2) is 47.2 Å². The number of aromatic nitrogens is 1. The summed E-state index contributed by atoms with van der Waals surface area (Å²) in [6.07, 6.45) is 3.04. The van der Waals surface area contributed by atoms with E-state index in [2.05, 4.69) is 22.6 Å². The third-order valence-corrected chi connectivity index (χ3v) is 4.76. The Balaban J connectivity index is 1.64. The minimum atomic E-state index is -0.264. The number of hydrogen-bond acceptors (Lipinski definition) is 4. The fraction of sp³-hybridized carbons (Fsp3) is 0.421. The lowest BCUT2D eigenvalue weighted by molar-refractivity contribution is -0.138. The zero-order valence-electron chi connectivity index (χ0n) is 14.5. The third kappa shape index (κ3) is 4.07. The molecule has 0 aliphatic heterocycles. The van der Waals surface area contributed by atoms with E-state index in [1.54, 1.807) is 11.0 Å². The molecule has 3 atom stereocenters. The number of rotatable bonds is 7. The highest BCUT2D eigenvalue weighted by atomic mass is 16.5. The van der Waals surface area contributed by atoms with Crippen molar-refractivity contribution in [2.24, 2.45) is 5.92 Å². The van der Waals surface area contributed by atoms with Crippen molar-refractivity contribution < 1.29 is 14.1 Å². The number of nitrogens with zero attached hydrogens (tertiary/aromatic N) is 2. The fourth-order valence-corrected chi connectivity index (χ4v) is 3.03. The summed E-state index contributed by atoms with van der Waals surface area (Å²) in [6, 6.07) is 11.7. The van der Waals surface area contributed by atoms with Crippen molar-refractivity contribution in [1.29, 1.82) is 0 Å². The Kier molecular flexibility index (Phi) is 5.16. The van der Waals surface area contributed by atoms with Crippen molar-refractivity contribution in [2.75, 3.05) is 11.9 Å². The first kappa shape index (κ1) is 17.2. The van der Waals surface area contributed by atoms with Crippen LogP contribution in [0.2, 0.25) is 0 Å². The fourth-order valence-electron chi connectivity index (χ4n) is 3.03. The summed E-state index contributed by atoms with van der Waals surface area (Å²) < 4.78 is 4.70. The highest BCUT2D eigenvalue weighted by Crippen LogP contribution is 2.48. The van der Waals surface area contributed by atoms with Crippen LogP contribution < -0.4 is 5.32 Å². The van der Waals surface area contributed by atoms with E-state index in [-0.39, 0.29) is 36.2 Å². The van der Waals surface area contributed by atoms with Gasteiger partial charge in [-0.2, -0.15) is 0 Å². The largest absolute Gasteiger partial charge is 0.363 e. The molecule has 0 unspecified atom stereocenters. The molecule has 6 heteroatoms. The molecule has 1 heterocycles. The van der Waals surface area contributed by atoms with Crippen LogP contribution in [0.1, 0.15) is 38.2 Å². The number of carbonyl (C=O) groups excluding carboxylic acids is 2. The quantitative estimate of drug-likeness (QED) is 0.840. The minimum absolute atomic E-state index is 0.00702. The summed E-state index contributed by atoms with van der Waals surface area (Å²) >= 11 is 0. The first-order valence-electron chi connectivity index (χ1n) is 8.65. The van der Waals surface area contributed by atoms with E-state index in [0.717, 1.165) is 12.8 Å². The molecule has 0 radical (unpaired) electrons. The first-order valence-corrected chi connectivity index (χ1v) is 8.65. The van der Waals surface area contributed by atoms with Crippen LogP contribution in [0.5, 0.6) is 0 Å². The van der Waals surface area contributed by atoms with Crippen LogP contribution in [-0.2, 0) is 9.59 Å². The van der Waals surface area contributed by atoms with Gasteiger partial charge in [-0.25, -0.2) is 0 Å². The lowest BCUT2D eigenvalue weighted by Gasteiger charge is -2.28. The van der Waals surface area contributed by atoms with Crippen molar-refractivity contribution >= 4 is 17.6 Å². The molecule has 0 bridgehead atoms. The Morgan fingerprint density at radius 3 is 2.72 bits per heavy atom. The molecule has 2 amide bonds. The molecule has 1 saturated carbocycles.